The number of aromatic amines is 1. The molecular weight excluding hydrogens is 334 g/mol. The van der Waals surface area contributed by atoms with Gasteiger partial charge in [-0.15, -0.1) is 5.10 Å². The Morgan fingerprint density at radius 2 is 2.19 bits per heavy atom. The number of carbonyl (C=O) groups excluding carboxylic acids is 1. The number of aromatic nitrogens is 5. The van der Waals surface area contributed by atoms with Crippen LogP contribution in [0, 0.1) is 6.92 Å². The van der Waals surface area contributed by atoms with E-state index in [9.17, 15) is 4.79 Å². The second kappa shape index (κ2) is 8.24. The average molecular weight is 355 g/mol. The smallest absolute Gasteiger partial charge is 0.239 e. The normalized spacial score (nSPS) is 10.8. The highest BCUT2D eigenvalue weighted by Crippen LogP contribution is 2.17. The molecule has 9 heteroatoms. The molecule has 136 valence electrons. The van der Waals surface area contributed by atoms with Crippen molar-refractivity contribution in [2.45, 2.75) is 32.6 Å². The molecule has 0 aliphatic rings. The Morgan fingerprint density at radius 1 is 1.31 bits per heavy atom. The van der Waals surface area contributed by atoms with Crippen molar-refractivity contribution < 1.29 is 9.32 Å². The third-order valence-corrected chi connectivity index (χ3v) is 3.77. The molecular formula is C17H21N7O2. The van der Waals surface area contributed by atoms with E-state index in [1.165, 1.54) is 0 Å². The van der Waals surface area contributed by atoms with Crippen LogP contribution in [0.2, 0.25) is 0 Å². The Bertz CT molecular complexity index is 871. The third-order valence-electron chi connectivity index (χ3n) is 3.77. The molecule has 3 aromatic rings. The van der Waals surface area contributed by atoms with E-state index in [-0.39, 0.29) is 11.9 Å². The van der Waals surface area contributed by atoms with Crippen molar-refractivity contribution in [2.75, 3.05) is 12.3 Å². The van der Waals surface area contributed by atoms with E-state index in [4.69, 9.17) is 10.3 Å². The molecule has 0 unspecified atom stereocenters. The summed E-state index contributed by atoms with van der Waals surface area (Å²) >= 11 is 0. The summed E-state index contributed by atoms with van der Waals surface area (Å²) in [5, 5.41) is 13.3. The molecule has 9 nitrogen and oxygen atoms in total. The maximum atomic E-state index is 11.8. The van der Waals surface area contributed by atoms with E-state index in [2.05, 4.69) is 30.6 Å². The first-order chi connectivity index (χ1) is 12.6. The first-order valence-electron chi connectivity index (χ1n) is 8.43. The maximum absolute atomic E-state index is 11.8. The minimum atomic E-state index is -0.0316. The first kappa shape index (κ1) is 17.6. The number of nitrogen functional groups attached to an aromatic ring is 1. The zero-order valence-electron chi connectivity index (χ0n) is 14.5. The number of aryl methyl sites for hydroxylation is 2. The van der Waals surface area contributed by atoms with Gasteiger partial charge in [0.2, 0.25) is 23.6 Å². The molecule has 0 fully saturated rings. The SMILES string of the molecule is Cc1cccc(-c2noc(CCCC(=O)NCCc3nc(N)n[nH]3)n2)c1. The monoisotopic (exact) mass is 355 g/mol. The highest BCUT2D eigenvalue weighted by molar-refractivity contribution is 5.75. The van der Waals surface area contributed by atoms with Crippen LogP contribution < -0.4 is 11.1 Å². The number of rotatable bonds is 8. The number of nitrogens with one attached hydrogen (secondary N) is 2. The molecule has 26 heavy (non-hydrogen) atoms. The number of H-pyrrole nitrogens is 1. The topological polar surface area (TPSA) is 136 Å². The van der Waals surface area contributed by atoms with Crippen molar-refractivity contribution in [2.24, 2.45) is 0 Å². The lowest BCUT2D eigenvalue weighted by molar-refractivity contribution is -0.121. The lowest BCUT2D eigenvalue weighted by atomic mass is 10.1. The Kier molecular flexibility index (Phi) is 5.57. The Balaban J connectivity index is 1.38. The van der Waals surface area contributed by atoms with Gasteiger partial charge in [0, 0.05) is 31.4 Å². The van der Waals surface area contributed by atoms with Crippen LogP contribution in [-0.2, 0) is 17.6 Å². The molecule has 0 atom stereocenters. The van der Waals surface area contributed by atoms with Gasteiger partial charge in [-0.2, -0.15) is 9.97 Å². The molecule has 0 saturated heterocycles. The fraction of sp³-hybridized carbons (Fsp3) is 0.353. The van der Waals surface area contributed by atoms with Gasteiger partial charge in [0.05, 0.1) is 0 Å². The van der Waals surface area contributed by atoms with Crippen molar-refractivity contribution in [3.05, 3.63) is 41.5 Å². The number of nitrogens with zero attached hydrogens (tertiary/aromatic N) is 4. The van der Waals surface area contributed by atoms with Crippen LogP contribution in [0.3, 0.4) is 0 Å². The van der Waals surface area contributed by atoms with Gasteiger partial charge in [0.1, 0.15) is 5.82 Å². The Hall–Kier alpha value is -3.23. The van der Waals surface area contributed by atoms with E-state index < -0.39 is 0 Å². The van der Waals surface area contributed by atoms with Crippen LogP contribution in [0.4, 0.5) is 5.95 Å². The fourth-order valence-corrected chi connectivity index (χ4v) is 2.49. The van der Waals surface area contributed by atoms with E-state index in [0.717, 1.165) is 11.1 Å². The minimum Gasteiger partial charge on any atom is -0.367 e. The van der Waals surface area contributed by atoms with Crippen LogP contribution in [0.5, 0.6) is 0 Å². The average Bonchev–Trinajstić information content (AvgIpc) is 3.24. The molecule has 4 N–H and O–H groups in total. The van der Waals surface area contributed by atoms with Crippen LogP contribution in [-0.4, -0.2) is 37.8 Å². The number of anilines is 1. The largest absolute Gasteiger partial charge is 0.367 e. The lowest BCUT2D eigenvalue weighted by Crippen LogP contribution is -2.25. The summed E-state index contributed by atoms with van der Waals surface area (Å²) in [6.07, 6.45) is 2.14. The second-order valence-electron chi connectivity index (χ2n) is 5.98. The highest BCUT2D eigenvalue weighted by atomic mass is 16.5. The van der Waals surface area contributed by atoms with Gasteiger partial charge in [0.25, 0.3) is 0 Å². The predicted molar refractivity (Wildman–Crippen MR) is 94.9 cm³/mol. The number of carbonyl (C=O) groups is 1. The summed E-state index contributed by atoms with van der Waals surface area (Å²) in [4.78, 5) is 20.2. The molecule has 0 aliphatic heterocycles. The molecule has 0 saturated carbocycles. The molecule has 0 aliphatic carbocycles. The van der Waals surface area contributed by atoms with Crippen LogP contribution in [0.1, 0.15) is 30.1 Å². The van der Waals surface area contributed by atoms with Crippen LogP contribution in [0.15, 0.2) is 28.8 Å². The highest BCUT2D eigenvalue weighted by Gasteiger charge is 2.10. The summed E-state index contributed by atoms with van der Waals surface area (Å²) in [6.45, 7) is 2.49. The number of hydrogen-bond donors (Lipinski definition) is 3. The van der Waals surface area contributed by atoms with Gasteiger partial charge < -0.3 is 15.6 Å². The van der Waals surface area contributed by atoms with Gasteiger partial charge in [-0.1, -0.05) is 28.9 Å². The summed E-state index contributed by atoms with van der Waals surface area (Å²) < 4.78 is 5.26. The van der Waals surface area contributed by atoms with Crippen LogP contribution in [0.25, 0.3) is 11.4 Å². The van der Waals surface area contributed by atoms with Gasteiger partial charge in [-0.05, 0) is 19.4 Å². The number of hydrogen-bond acceptors (Lipinski definition) is 7. The number of benzene rings is 1. The number of nitrogens with two attached hydrogens (primary N) is 1. The van der Waals surface area contributed by atoms with Gasteiger partial charge in [0.15, 0.2) is 0 Å². The van der Waals surface area contributed by atoms with Gasteiger partial charge in [-0.3, -0.25) is 9.89 Å². The minimum absolute atomic E-state index is 0.0316. The summed E-state index contributed by atoms with van der Waals surface area (Å²) in [5.41, 5.74) is 7.48. The number of amides is 1. The molecule has 0 bridgehead atoms. The zero-order chi connectivity index (χ0) is 18.4. The fourth-order valence-electron chi connectivity index (χ4n) is 2.49. The third kappa shape index (κ3) is 4.88. The molecule has 0 radical (unpaired) electrons. The van der Waals surface area contributed by atoms with E-state index in [0.29, 0.717) is 49.8 Å². The van der Waals surface area contributed by atoms with Crippen molar-refractivity contribution in [1.29, 1.82) is 0 Å². The molecule has 2 heterocycles. The zero-order valence-corrected chi connectivity index (χ0v) is 14.5. The predicted octanol–water partition coefficient (Wildman–Crippen LogP) is 1.43. The molecule has 1 aromatic carbocycles. The second-order valence-corrected chi connectivity index (χ2v) is 5.98. The Labute approximate surface area is 150 Å². The maximum Gasteiger partial charge on any atom is 0.239 e. The molecule has 0 spiro atoms. The molecule has 2 aromatic heterocycles. The lowest BCUT2D eigenvalue weighted by Gasteiger charge is -2.02. The van der Waals surface area contributed by atoms with Crippen molar-refractivity contribution in [1.82, 2.24) is 30.6 Å². The summed E-state index contributed by atoms with van der Waals surface area (Å²) in [5.74, 6) is 1.93. The summed E-state index contributed by atoms with van der Waals surface area (Å²) in [7, 11) is 0. The van der Waals surface area contributed by atoms with E-state index in [1.807, 2.05) is 31.2 Å². The standard InChI is InChI=1S/C17H21N7O2/c1-11-4-2-5-12(10-11)16-21-15(26-24-16)7-3-6-14(25)19-9-8-13-20-17(18)23-22-13/h2,4-5,10H,3,6-9H2,1H3,(H,19,25)(H3,18,20,22,23). The van der Waals surface area contributed by atoms with E-state index >= 15 is 0 Å². The Morgan fingerprint density at radius 3 is 2.96 bits per heavy atom. The van der Waals surface area contributed by atoms with Crippen LogP contribution >= 0.6 is 0 Å². The van der Waals surface area contributed by atoms with E-state index in [1.54, 1.807) is 0 Å². The first-order valence-corrected chi connectivity index (χ1v) is 8.43. The summed E-state index contributed by atoms with van der Waals surface area (Å²) in [6, 6.07) is 7.92. The molecule has 1 amide bonds. The quantitative estimate of drug-likeness (QED) is 0.556. The molecule has 3 rings (SSSR count). The van der Waals surface area contributed by atoms with Crippen molar-refractivity contribution in [3.8, 4) is 11.4 Å². The van der Waals surface area contributed by atoms with Crippen molar-refractivity contribution >= 4 is 11.9 Å². The van der Waals surface area contributed by atoms with Gasteiger partial charge >= 0.3 is 0 Å². The van der Waals surface area contributed by atoms with Crippen molar-refractivity contribution in [3.63, 3.8) is 0 Å². The van der Waals surface area contributed by atoms with Gasteiger partial charge in [-0.25, -0.2) is 0 Å².